The average molecular weight is 236 g/mol. The summed E-state index contributed by atoms with van der Waals surface area (Å²) >= 11 is 5.86. The van der Waals surface area contributed by atoms with Gasteiger partial charge in [-0.1, -0.05) is 23.7 Å². The number of halogens is 1. The first-order valence-corrected chi connectivity index (χ1v) is 5.51. The molecule has 1 atom stereocenters. The summed E-state index contributed by atoms with van der Waals surface area (Å²) in [6.07, 6.45) is 1.97. The van der Waals surface area contributed by atoms with Gasteiger partial charge in [0.2, 0.25) is 0 Å². The second-order valence-electron chi connectivity index (χ2n) is 3.90. The predicted octanol–water partition coefficient (Wildman–Crippen LogP) is 2.76. The van der Waals surface area contributed by atoms with Crippen LogP contribution in [0.5, 0.6) is 0 Å². The van der Waals surface area contributed by atoms with E-state index in [4.69, 9.17) is 17.3 Å². The van der Waals surface area contributed by atoms with E-state index in [1.54, 1.807) is 4.68 Å². The number of aryl methyl sites for hydroxylation is 1. The van der Waals surface area contributed by atoms with Crippen molar-refractivity contribution in [3.8, 4) is 11.1 Å². The second-order valence-corrected chi connectivity index (χ2v) is 4.33. The van der Waals surface area contributed by atoms with Crippen LogP contribution in [-0.4, -0.2) is 9.78 Å². The molecule has 1 aromatic carbocycles. The van der Waals surface area contributed by atoms with Gasteiger partial charge in [0, 0.05) is 29.9 Å². The maximum Gasteiger partial charge on any atom is 0.0867 e. The monoisotopic (exact) mass is 235 g/mol. The molecule has 0 aliphatic heterocycles. The summed E-state index contributed by atoms with van der Waals surface area (Å²) in [5.41, 5.74) is 8.95. The van der Waals surface area contributed by atoms with Gasteiger partial charge in [0.05, 0.1) is 5.69 Å². The molecule has 0 aliphatic rings. The van der Waals surface area contributed by atoms with Gasteiger partial charge in [-0.2, -0.15) is 5.10 Å². The summed E-state index contributed by atoms with van der Waals surface area (Å²) in [5, 5.41) is 5.10. The van der Waals surface area contributed by atoms with Crippen LogP contribution >= 0.6 is 11.6 Å². The van der Waals surface area contributed by atoms with E-state index in [0.29, 0.717) is 0 Å². The molecular formula is C12H14ClN3. The third-order valence-corrected chi connectivity index (χ3v) is 2.70. The Morgan fingerprint density at radius 2 is 1.94 bits per heavy atom. The van der Waals surface area contributed by atoms with E-state index < -0.39 is 0 Å². The summed E-state index contributed by atoms with van der Waals surface area (Å²) in [6.45, 7) is 1.93. The Balaban J connectivity index is 2.50. The van der Waals surface area contributed by atoms with Crippen LogP contribution in [0.4, 0.5) is 0 Å². The van der Waals surface area contributed by atoms with Crippen LogP contribution < -0.4 is 5.73 Å². The Labute approximate surface area is 99.8 Å². The van der Waals surface area contributed by atoms with Crippen LogP contribution in [0.2, 0.25) is 5.02 Å². The van der Waals surface area contributed by atoms with Crippen molar-refractivity contribution in [2.75, 3.05) is 0 Å². The lowest BCUT2D eigenvalue weighted by Gasteiger charge is -2.05. The number of nitrogens with zero attached hydrogens (tertiary/aromatic N) is 2. The third kappa shape index (κ3) is 2.10. The molecule has 1 unspecified atom stereocenters. The fourth-order valence-corrected chi connectivity index (χ4v) is 1.82. The zero-order chi connectivity index (χ0) is 11.7. The van der Waals surface area contributed by atoms with Gasteiger partial charge in [-0.3, -0.25) is 4.68 Å². The Morgan fingerprint density at radius 1 is 1.31 bits per heavy atom. The average Bonchev–Trinajstić information content (AvgIpc) is 2.61. The third-order valence-electron chi connectivity index (χ3n) is 2.44. The molecule has 0 saturated carbocycles. The first-order chi connectivity index (χ1) is 7.58. The van der Waals surface area contributed by atoms with Crippen molar-refractivity contribution in [1.29, 1.82) is 0 Å². The predicted molar refractivity (Wildman–Crippen MR) is 66.3 cm³/mol. The summed E-state index contributed by atoms with van der Waals surface area (Å²) < 4.78 is 1.78. The zero-order valence-electron chi connectivity index (χ0n) is 9.31. The molecular weight excluding hydrogens is 222 g/mol. The standard InChI is InChI=1S/C12H14ClN3/c1-8(14)12-11(7-16(2)15-12)9-3-5-10(13)6-4-9/h3-8H,14H2,1-2H3. The van der Waals surface area contributed by atoms with Crippen LogP contribution in [0, 0.1) is 0 Å². The highest BCUT2D eigenvalue weighted by Gasteiger charge is 2.12. The largest absolute Gasteiger partial charge is 0.323 e. The van der Waals surface area contributed by atoms with E-state index in [-0.39, 0.29) is 6.04 Å². The molecule has 0 saturated heterocycles. The molecule has 0 fully saturated rings. The second kappa shape index (κ2) is 4.28. The number of rotatable bonds is 2. The first-order valence-electron chi connectivity index (χ1n) is 5.13. The number of benzene rings is 1. The van der Waals surface area contributed by atoms with Crippen molar-refractivity contribution in [1.82, 2.24) is 9.78 Å². The van der Waals surface area contributed by atoms with E-state index in [2.05, 4.69) is 5.10 Å². The topological polar surface area (TPSA) is 43.8 Å². The highest BCUT2D eigenvalue weighted by Crippen LogP contribution is 2.27. The Morgan fingerprint density at radius 3 is 2.50 bits per heavy atom. The van der Waals surface area contributed by atoms with Gasteiger partial charge in [0.1, 0.15) is 0 Å². The molecule has 4 heteroatoms. The van der Waals surface area contributed by atoms with Gasteiger partial charge in [0.25, 0.3) is 0 Å². The summed E-state index contributed by atoms with van der Waals surface area (Å²) in [4.78, 5) is 0. The van der Waals surface area contributed by atoms with Crippen molar-refractivity contribution in [3.05, 3.63) is 41.2 Å². The smallest absolute Gasteiger partial charge is 0.0867 e. The lowest BCUT2D eigenvalue weighted by atomic mass is 10.0. The summed E-state index contributed by atoms with van der Waals surface area (Å²) in [5.74, 6) is 0. The Kier molecular flexibility index (Phi) is 2.99. The van der Waals surface area contributed by atoms with Crippen molar-refractivity contribution < 1.29 is 0 Å². The highest BCUT2D eigenvalue weighted by molar-refractivity contribution is 6.30. The van der Waals surface area contributed by atoms with Crippen molar-refractivity contribution in [3.63, 3.8) is 0 Å². The van der Waals surface area contributed by atoms with Gasteiger partial charge >= 0.3 is 0 Å². The number of aromatic nitrogens is 2. The highest BCUT2D eigenvalue weighted by atomic mass is 35.5. The fraction of sp³-hybridized carbons (Fsp3) is 0.250. The molecule has 1 heterocycles. The van der Waals surface area contributed by atoms with E-state index in [0.717, 1.165) is 21.8 Å². The van der Waals surface area contributed by atoms with Crippen molar-refractivity contribution >= 4 is 11.6 Å². The molecule has 2 N–H and O–H groups in total. The molecule has 1 aromatic heterocycles. The van der Waals surface area contributed by atoms with Crippen molar-refractivity contribution in [2.24, 2.45) is 12.8 Å². The lowest BCUT2D eigenvalue weighted by Crippen LogP contribution is -2.07. The lowest BCUT2D eigenvalue weighted by molar-refractivity contribution is 0.699. The minimum Gasteiger partial charge on any atom is -0.323 e. The van der Waals surface area contributed by atoms with Gasteiger partial charge in [-0.15, -0.1) is 0 Å². The van der Waals surface area contributed by atoms with Gasteiger partial charge in [-0.05, 0) is 24.6 Å². The Bertz CT molecular complexity index is 485. The van der Waals surface area contributed by atoms with Gasteiger partial charge in [-0.25, -0.2) is 0 Å². The van der Waals surface area contributed by atoms with Crippen LogP contribution in [0.25, 0.3) is 11.1 Å². The molecule has 0 radical (unpaired) electrons. The SMILES string of the molecule is CC(N)c1nn(C)cc1-c1ccc(Cl)cc1. The van der Waals surface area contributed by atoms with E-state index in [1.807, 2.05) is 44.4 Å². The minimum atomic E-state index is -0.0770. The maximum atomic E-state index is 5.89. The number of nitrogens with two attached hydrogens (primary N) is 1. The first kappa shape index (κ1) is 11.2. The summed E-state index contributed by atoms with van der Waals surface area (Å²) in [7, 11) is 1.89. The molecule has 16 heavy (non-hydrogen) atoms. The number of hydrogen-bond donors (Lipinski definition) is 1. The Hall–Kier alpha value is -1.32. The zero-order valence-corrected chi connectivity index (χ0v) is 10.1. The fourth-order valence-electron chi connectivity index (χ4n) is 1.69. The summed E-state index contributed by atoms with van der Waals surface area (Å²) in [6, 6.07) is 7.62. The molecule has 3 nitrogen and oxygen atoms in total. The normalized spacial score (nSPS) is 12.8. The molecule has 0 aliphatic carbocycles. The van der Waals surface area contributed by atoms with Crippen molar-refractivity contribution in [2.45, 2.75) is 13.0 Å². The van der Waals surface area contributed by atoms with Gasteiger partial charge in [0.15, 0.2) is 0 Å². The van der Waals surface area contributed by atoms with Gasteiger partial charge < -0.3 is 5.73 Å². The molecule has 84 valence electrons. The van der Waals surface area contributed by atoms with Crippen LogP contribution in [0.1, 0.15) is 18.7 Å². The van der Waals surface area contributed by atoms with Crippen LogP contribution in [0.3, 0.4) is 0 Å². The molecule has 0 spiro atoms. The van der Waals surface area contributed by atoms with E-state index in [9.17, 15) is 0 Å². The van der Waals surface area contributed by atoms with E-state index >= 15 is 0 Å². The molecule has 2 rings (SSSR count). The van der Waals surface area contributed by atoms with E-state index in [1.165, 1.54) is 0 Å². The molecule has 2 aromatic rings. The molecule has 0 bridgehead atoms. The minimum absolute atomic E-state index is 0.0770. The van der Waals surface area contributed by atoms with Crippen LogP contribution in [0.15, 0.2) is 30.5 Å². The molecule has 0 amide bonds. The van der Waals surface area contributed by atoms with Crippen LogP contribution in [-0.2, 0) is 7.05 Å². The number of hydrogen-bond acceptors (Lipinski definition) is 2. The maximum absolute atomic E-state index is 5.89. The quantitative estimate of drug-likeness (QED) is 0.870.